The van der Waals surface area contributed by atoms with E-state index in [4.69, 9.17) is 5.73 Å². The first kappa shape index (κ1) is 18.7. The first-order chi connectivity index (χ1) is 12.3. The fraction of sp³-hybridized carbons (Fsp3) is 0.650. The Balaban J connectivity index is 1.73. The minimum atomic E-state index is -0.195. The molecule has 4 nitrogen and oxygen atoms in total. The van der Waals surface area contributed by atoms with E-state index in [1.807, 2.05) is 30.0 Å². The van der Waals surface area contributed by atoms with E-state index in [0.717, 1.165) is 30.2 Å². The van der Waals surface area contributed by atoms with Gasteiger partial charge in [0.2, 0.25) is 5.91 Å². The van der Waals surface area contributed by atoms with Gasteiger partial charge in [-0.1, -0.05) is 49.6 Å². The maximum Gasteiger partial charge on any atom is 0.242 e. The van der Waals surface area contributed by atoms with Crippen LogP contribution in [0.5, 0.6) is 0 Å². The molecule has 0 radical (unpaired) electrons. The molecular weight excluding hydrogens is 330 g/mol. The number of carbonyl (C=O) groups is 1. The summed E-state index contributed by atoms with van der Waals surface area (Å²) in [6.07, 6.45) is 6.24. The fourth-order valence-electron chi connectivity index (χ4n) is 4.17. The molecule has 1 aromatic rings. The SMILES string of the molecule is NCC(NC(=O)C(c1ccccc1)N1CCSCC1)C1CCCCC1. The van der Waals surface area contributed by atoms with Crippen LogP contribution in [-0.2, 0) is 4.79 Å². The van der Waals surface area contributed by atoms with Gasteiger partial charge in [-0.05, 0) is 24.3 Å². The lowest BCUT2D eigenvalue weighted by atomic mass is 9.83. The zero-order valence-corrected chi connectivity index (χ0v) is 15.8. The van der Waals surface area contributed by atoms with Gasteiger partial charge in [0.1, 0.15) is 6.04 Å². The van der Waals surface area contributed by atoms with Gasteiger partial charge in [-0.2, -0.15) is 11.8 Å². The van der Waals surface area contributed by atoms with Crippen LogP contribution in [0.2, 0.25) is 0 Å². The molecule has 0 spiro atoms. The van der Waals surface area contributed by atoms with Crippen molar-refractivity contribution in [3.8, 4) is 0 Å². The van der Waals surface area contributed by atoms with Crippen LogP contribution in [0.15, 0.2) is 30.3 Å². The Morgan fingerprint density at radius 2 is 1.84 bits per heavy atom. The molecule has 1 heterocycles. The monoisotopic (exact) mass is 361 g/mol. The summed E-state index contributed by atoms with van der Waals surface area (Å²) in [7, 11) is 0. The molecule has 1 aliphatic carbocycles. The Hall–Kier alpha value is -1.04. The number of hydrogen-bond donors (Lipinski definition) is 2. The molecule has 2 fully saturated rings. The van der Waals surface area contributed by atoms with E-state index in [-0.39, 0.29) is 18.0 Å². The van der Waals surface area contributed by atoms with Gasteiger partial charge in [-0.3, -0.25) is 9.69 Å². The summed E-state index contributed by atoms with van der Waals surface area (Å²) in [6, 6.07) is 10.1. The topological polar surface area (TPSA) is 58.4 Å². The van der Waals surface area contributed by atoms with Crippen molar-refractivity contribution < 1.29 is 4.79 Å². The number of amides is 1. The second-order valence-corrected chi connectivity index (χ2v) is 8.44. The van der Waals surface area contributed by atoms with Crippen LogP contribution >= 0.6 is 11.8 Å². The van der Waals surface area contributed by atoms with Gasteiger partial charge in [-0.25, -0.2) is 0 Å². The standard InChI is InChI=1S/C20H31N3OS/c21-15-18(16-7-3-1-4-8-16)22-20(24)19(17-9-5-2-6-10-17)23-11-13-25-14-12-23/h2,5-6,9-10,16,18-19H,1,3-4,7-8,11-15,21H2,(H,22,24). The highest BCUT2D eigenvalue weighted by Crippen LogP contribution is 2.28. The Kier molecular flexibility index (Phi) is 7.20. The van der Waals surface area contributed by atoms with Crippen molar-refractivity contribution in [3.63, 3.8) is 0 Å². The zero-order chi connectivity index (χ0) is 17.5. The highest BCUT2D eigenvalue weighted by atomic mass is 32.2. The fourth-order valence-corrected chi connectivity index (χ4v) is 5.10. The summed E-state index contributed by atoms with van der Waals surface area (Å²) < 4.78 is 0. The van der Waals surface area contributed by atoms with Gasteiger partial charge >= 0.3 is 0 Å². The number of nitrogens with zero attached hydrogens (tertiary/aromatic N) is 1. The lowest BCUT2D eigenvalue weighted by Gasteiger charge is -2.36. The number of nitrogens with two attached hydrogens (primary N) is 1. The highest BCUT2D eigenvalue weighted by molar-refractivity contribution is 7.99. The van der Waals surface area contributed by atoms with Gasteiger partial charge in [-0.15, -0.1) is 0 Å². The minimum Gasteiger partial charge on any atom is -0.350 e. The van der Waals surface area contributed by atoms with Crippen LogP contribution in [0.1, 0.15) is 43.7 Å². The van der Waals surface area contributed by atoms with Crippen molar-refractivity contribution in [2.75, 3.05) is 31.1 Å². The molecule has 1 aliphatic heterocycles. The Morgan fingerprint density at radius 1 is 1.16 bits per heavy atom. The zero-order valence-electron chi connectivity index (χ0n) is 15.0. The van der Waals surface area contributed by atoms with Crippen molar-refractivity contribution >= 4 is 17.7 Å². The lowest BCUT2D eigenvalue weighted by molar-refractivity contribution is -0.127. The second kappa shape index (κ2) is 9.60. The number of thioether (sulfide) groups is 1. The van der Waals surface area contributed by atoms with E-state index in [0.29, 0.717) is 12.5 Å². The maximum absolute atomic E-state index is 13.2. The second-order valence-electron chi connectivity index (χ2n) is 7.21. The van der Waals surface area contributed by atoms with E-state index in [2.05, 4.69) is 22.3 Å². The molecule has 1 amide bonds. The van der Waals surface area contributed by atoms with Crippen molar-refractivity contribution in [2.24, 2.45) is 11.7 Å². The van der Waals surface area contributed by atoms with Crippen LogP contribution in [0.3, 0.4) is 0 Å². The predicted octanol–water partition coefficient (Wildman–Crippen LogP) is 2.80. The maximum atomic E-state index is 13.2. The van der Waals surface area contributed by atoms with Gasteiger partial charge in [0.15, 0.2) is 0 Å². The number of carbonyl (C=O) groups excluding carboxylic acids is 1. The summed E-state index contributed by atoms with van der Waals surface area (Å²) >= 11 is 1.97. The third-order valence-corrected chi connectivity index (χ3v) is 6.52. The van der Waals surface area contributed by atoms with Gasteiger partial charge in [0, 0.05) is 37.2 Å². The van der Waals surface area contributed by atoms with Gasteiger partial charge in [0.25, 0.3) is 0 Å². The molecule has 2 unspecified atom stereocenters. The molecule has 5 heteroatoms. The first-order valence-corrected chi connectivity index (χ1v) is 10.8. The van der Waals surface area contributed by atoms with Crippen molar-refractivity contribution in [3.05, 3.63) is 35.9 Å². The summed E-state index contributed by atoms with van der Waals surface area (Å²) in [5, 5.41) is 3.32. The van der Waals surface area contributed by atoms with Crippen LogP contribution in [0, 0.1) is 5.92 Å². The molecule has 1 saturated heterocycles. The quantitative estimate of drug-likeness (QED) is 0.818. The first-order valence-electron chi connectivity index (χ1n) is 9.67. The lowest BCUT2D eigenvalue weighted by Crippen LogP contribution is -2.51. The molecule has 3 N–H and O–H groups in total. The van der Waals surface area contributed by atoms with Crippen molar-refractivity contribution in [1.82, 2.24) is 10.2 Å². The van der Waals surface area contributed by atoms with Crippen LogP contribution < -0.4 is 11.1 Å². The number of benzene rings is 1. The van der Waals surface area contributed by atoms with Crippen LogP contribution in [0.25, 0.3) is 0 Å². The molecule has 2 aliphatic rings. The van der Waals surface area contributed by atoms with Crippen LogP contribution in [0.4, 0.5) is 0 Å². The minimum absolute atomic E-state index is 0.109. The van der Waals surface area contributed by atoms with E-state index >= 15 is 0 Å². The summed E-state index contributed by atoms with van der Waals surface area (Å²) in [4.78, 5) is 15.6. The predicted molar refractivity (Wildman–Crippen MR) is 106 cm³/mol. The number of nitrogens with one attached hydrogen (secondary N) is 1. The molecule has 3 rings (SSSR count). The van der Waals surface area contributed by atoms with E-state index < -0.39 is 0 Å². The smallest absolute Gasteiger partial charge is 0.242 e. The third-order valence-electron chi connectivity index (χ3n) is 5.57. The molecule has 2 atom stereocenters. The normalized spacial score (nSPS) is 22.3. The average Bonchev–Trinajstić information content (AvgIpc) is 2.69. The molecule has 1 aromatic carbocycles. The number of rotatable bonds is 6. The Morgan fingerprint density at radius 3 is 2.48 bits per heavy atom. The molecule has 0 bridgehead atoms. The molecule has 25 heavy (non-hydrogen) atoms. The summed E-state index contributed by atoms with van der Waals surface area (Å²) in [6.45, 7) is 2.47. The van der Waals surface area contributed by atoms with Gasteiger partial charge in [0.05, 0.1) is 0 Å². The van der Waals surface area contributed by atoms with Crippen LogP contribution in [-0.4, -0.2) is 48.0 Å². The molecule has 0 aromatic heterocycles. The largest absolute Gasteiger partial charge is 0.350 e. The van der Waals surface area contributed by atoms with E-state index in [1.165, 1.54) is 32.1 Å². The molecular formula is C20H31N3OS. The number of hydrogen-bond acceptors (Lipinski definition) is 4. The Labute approximate surface area is 155 Å². The highest BCUT2D eigenvalue weighted by Gasteiger charge is 2.32. The summed E-state index contributed by atoms with van der Waals surface area (Å²) in [5.74, 6) is 2.86. The average molecular weight is 362 g/mol. The van der Waals surface area contributed by atoms with E-state index in [1.54, 1.807) is 0 Å². The van der Waals surface area contributed by atoms with Gasteiger partial charge < -0.3 is 11.1 Å². The molecule has 1 saturated carbocycles. The van der Waals surface area contributed by atoms with Crippen molar-refractivity contribution in [2.45, 2.75) is 44.2 Å². The van der Waals surface area contributed by atoms with E-state index in [9.17, 15) is 4.79 Å². The van der Waals surface area contributed by atoms with Crippen molar-refractivity contribution in [1.29, 1.82) is 0 Å². The molecule has 138 valence electrons. The Bertz CT molecular complexity index is 527. The summed E-state index contributed by atoms with van der Waals surface area (Å²) in [5.41, 5.74) is 7.13. The third kappa shape index (κ3) is 4.99.